The highest BCUT2D eigenvalue weighted by Crippen LogP contribution is 2.25. The second kappa shape index (κ2) is 7.18. The predicted octanol–water partition coefficient (Wildman–Crippen LogP) is 3.08. The molecule has 118 valence electrons. The van der Waals surface area contributed by atoms with E-state index in [0.717, 1.165) is 19.4 Å². The molecule has 0 saturated carbocycles. The zero-order chi connectivity index (χ0) is 15.4. The molecule has 0 aromatic heterocycles. The van der Waals surface area contributed by atoms with Crippen LogP contribution in [0.1, 0.15) is 32.3 Å². The van der Waals surface area contributed by atoms with Crippen molar-refractivity contribution >= 4 is 5.69 Å². The van der Waals surface area contributed by atoms with Crippen LogP contribution >= 0.6 is 0 Å². The lowest BCUT2D eigenvalue weighted by Crippen LogP contribution is -2.30. The fraction of sp³-hybridized carbons (Fsp3) is 0.625. The van der Waals surface area contributed by atoms with Crippen molar-refractivity contribution in [1.29, 1.82) is 0 Å². The minimum Gasteiger partial charge on any atom is -0.376 e. The molecule has 1 fully saturated rings. The monoisotopic (exact) mass is 298 g/mol. The van der Waals surface area contributed by atoms with Gasteiger partial charge in [-0.15, -0.1) is 0 Å². The van der Waals surface area contributed by atoms with Crippen LogP contribution in [0.4, 0.5) is 14.5 Å². The van der Waals surface area contributed by atoms with Gasteiger partial charge in [-0.05, 0) is 30.5 Å². The van der Waals surface area contributed by atoms with Crippen molar-refractivity contribution in [2.24, 2.45) is 0 Å². The molecule has 1 saturated heterocycles. The van der Waals surface area contributed by atoms with Gasteiger partial charge in [0.05, 0.1) is 6.10 Å². The topological polar surface area (TPSA) is 24.5 Å². The Hall–Kier alpha value is -1.20. The molecule has 0 aliphatic carbocycles. The van der Waals surface area contributed by atoms with E-state index in [1.165, 1.54) is 12.1 Å². The third-order valence-electron chi connectivity index (χ3n) is 3.67. The third-order valence-corrected chi connectivity index (χ3v) is 3.67. The van der Waals surface area contributed by atoms with Crippen molar-refractivity contribution in [1.82, 2.24) is 5.32 Å². The molecule has 1 unspecified atom stereocenters. The van der Waals surface area contributed by atoms with Crippen molar-refractivity contribution in [2.75, 3.05) is 25.1 Å². The summed E-state index contributed by atoms with van der Waals surface area (Å²) >= 11 is 0. The third kappa shape index (κ3) is 4.38. The number of rotatable bonds is 6. The summed E-state index contributed by atoms with van der Waals surface area (Å²) in [6, 6.07) is 3.08. The summed E-state index contributed by atoms with van der Waals surface area (Å²) in [7, 11) is 1.70. The second-order valence-corrected chi connectivity index (χ2v) is 5.96. The molecule has 1 heterocycles. The summed E-state index contributed by atoms with van der Waals surface area (Å²) in [5, 5.41) is 3.16. The summed E-state index contributed by atoms with van der Waals surface area (Å²) in [5.74, 6) is -1.04. The lowest BCUT2D eigenvalue weighted by molar-refractivity contribution is 0.116. The first-order valence-electron chi connectivity index (χ1n) is 7.51. The Morgan fingerprint density at radius 3 is 2.52 bits per heavy atom. The number of hydrogen-bond donors (Lipinski definition) is 1. The number of anilines is 1. The highest BCUT2D eigenvalue weighted by molar-refractivity contribution is 5.50. The molecule has 1 aliphatic heterocycles. The second-order valence-electron chi connectivity index (χ2n) is 5.96. The van der Waals surface area contributed by atoms with Crippen molar-refractivity contribution < 1.29 is 13.5 Å². The van der Waals surface area contributed by atoms with Gasteiger partial charge < -0.3 is 15.0 Å². The van der Waals surface area contributed by atoms with E-state index < -0.39 is 11.6 Å². The van der Waals surface area contributed by atoms with Crippen LogP contribution < -0.4 is 10.2 Å². The zero-order valence-corrected chi connectivity index (χ0v) is 13.0. The molecule has 0 bridgehead atoms. The average molecular weight is 298 g/mol. The van der Waals surface area contributed by atoms with E-state index in [4.69, 9.17) is 4.74 Å². The molecule has 1 N–H and O–H groups in total. The van der Waals surface area contributed by atoms with Gasteiger partial charge in [-0.1, -0.05) is 13.8 Å². The highest BCUT2D eigenvalue weighted by Gasteiger charge is 2.21. The lowest BCUT2D eigenvalue weighted by Gasteiger charge is -2.24. The molecule has 2 rings (SSSR count). The van der Waals surface area contributed by atoms with Crippen molar-refractivity contribution in [2.45, 2.75) is 45.4 Å². The fourth-order valence-corrected chi connectivity index (χ4v) is 2.59. The average Bonchev–Trinajstić information content (AvgIpc) is 2.88. The Balaban J connectivity index is 2.08. The Morgan fingerprint density at radius 2 is 2.00 bits per heavy atom. The van der Waals surface area contributed by atoms with Crippen LogP contribution in [-0.4, -0.2) is 32.3 Å². The van der Waals surface area contributed by atoms with Gasteiger partial charge >= 0.3 is 0 Å². The number of nitrogens with one attached hydrogen (secondary N) is 1. The first kappa shape index (κ1) is 16.2. The van der Waals surface area contributed by atoms with Gasteiger partial charge in [0.25, 0.3) is 0 Å². The molecular formula is C16H24F2N2O. The van der Waals surface area contributed by atoms with Gasteiger partial charge in [-0.3, -0.25) is 0 Å². The smallest absolute Gasteiger partial charge is 0.149 e. The maximum atomic E-state index is 14.2. The normalized spacial score (nSPS) is 18.5. The van der Waals surface area contributed by atoms with E-state index in [-0.39, 0.29) is 17.8 Å². The molecule has 0 spiro atoms. The standard InChI is InChI=1S/C16H24F2N2O/c1-11(2)19-9-12-7-14(17)16(15(18)8-12)20(3)10-13-5-4-6-21-13/h7-8,11,13,19H,4-6,9-10H2,1-3H3. The Labute approximate surface area is 125 Å². The molecular weight excluding hydrogens is 274 g/mol. The number of ether oxygens (including phenoxy) is 1. The van der Waals surface area contributed by atoms with Crippen LogP contribution in [0.5, 0.6) is 0 Å². The Morgan fingerprint density at radius 1 is 1.33 bits per heavy atom. The molecule has 1 atom stereocenters. The molecule has 1 aromatic rings. The van der Waals surface area contributed by atoms with Crippen LogP contribution in [0.2, 0.25) is 0 Å². The molecule has 1 aromatic carbocycles. The molecule has 3 nitrogen and oxygen atoms in total. The van der Waals surface area contributed by atoms with E-state index in [9.17, 15) is 8.78 Å². The van der Waals surface area contributed by atoms with Crippen LogP contribution in [0.15, 0.2) is 12.1 Å². The number of hydrogen-bond acceptors (Lipinski definition) is 3. The van der Waals surface area contributed by atoms with Gasteiger partial charge in [-0.25, -0.2) is 8.78 Å². The van der Waals surface area contributed by atoms with Crippen molar-refractivity contribution in [3.8, 4) is 0 Å². The molecule has 5 heteroatoms. The van der Waals surface area contributed by atoms with Crippen LogP contribution in [0.3, 0.4) is 0 Å². The largest absolute Gasteiger partial charge is 0.376 e. The molecule has 0 radical (unpaired) electrons. The van der Waals surface area contributed by atoms with Gasteiger partial charge in [0, 0.05) is 32.8 Å². The summed E-state index contributed by atoms with van der Waals surface area (Å²) in [4.78, 5) is 1.61. The summed E-state index contributed by atoms with van der Waals surface area (Å²) in [5.41, 5.74) is 0.645. The van der Waals surface area contributed by atoms with Crippen LogP contribution in [-0.2, 0) is 11.3 Å². The van der Waals surface area contributed by atoms with Crippen molar-refractivity contribution in [3.05, 3.63) is 29.3 Å². The quantitative estimate of drug-likeness (QED) is 0.873. The highest BCUT2D eigenvalue weighted by atomic mass is 19.1. The molecule has 21 heavy (non-hydrogen) atoms. The minimum absolute atomic E-state index is 0.0267. The first-order chi connectivity index (χ1) is 9.97. The number of nitrogens with zero attached hydrogens (tertiary/aromatic N) is 1. The van der Waals surface area contributed by atoms with Gasteiger partial charge in [-0.2, -0.15) is 0 Å². The van der Waals surface area contributed by atoms with E-state index in [0.29, 0.717) is 18.7 Å². The van der Waals surface area contributed by atoms with Crippen LogP contribution in [0, 0.1) is 11.6 Å². The minimum atomic E-state index is -0.518. The predicted molar refractivity (Wildman–Crippen MR) is 80.6 cm³/mol. The molecule has 1 aliphatic rings. The van der Waals surface area contributed by atoms with E-state index in [1.54, 1.807) is 11.9 Å². The van der Waals surface area contributed by atoms with Gasteiger partial charge in [0.2, 0.25) is 0 Å². The number of halogens is 2. The summed E-state index contributed by atoms with van der Waals surface area (Å²) in [6.45, 7) is 5.70. The SMILES string of the molecule is CC(C)NCc1cc(F)c(N(C)CC2CCCO2)c(F)c1. The summed E-state index contributed by atoms with van der Waals surface area (Å²) in [6.07, 6.45) is 2.03. The van der Waals surface area contributed by atoms with Gasteiger partial charge in [0.15, 0.2) is 0 Å². The Kier molecular flexibility index (Phi) is 5.53. The zero-order valence-electron chi connectivity index (χ0n) is 13.0. The van der Waals surface area contributed by atoms with Crippen molar-refractivity contribution in [3.63, 3.8) is 0 Å². The summed E-state index contributed by atoms with van der Waals surface area (Å²) < 4.78 is 33.9. The van der Waals surface area contributed by atoms with E-state index in [1.807, 2.05) is 13.8 Å². The maximum absolute atomic E-state index is 14.2. The lowest BCUT2D eigenvalue weighted by atomic mass is 10.1. The number of benzene rings is 1. The van der Waals surface area contributed by atoms with E-state index >= 15 is 0 Å². The first-order valence-corrected chi connectivity index (χ1v) is 7.51. The maximum Gasteiger partial charge on any atom is 0.149 e. The fourth-order valence-electron chi connectivity index (χ4n) is 2.59. The number of likely N-dealkylation sites (N-methyl/N-ethyl adjacent to an activating group) is 1. The molecule has 0 amide bonds. The van der Waals surface area contributed by atoms with Crippen LogP contribution in [0.25, 0.3) is 0 Å². The van der Waals surface area contributed by atoms with Gasteiger partial charge in [0.1, 0.15) is 17.3 Å². The van der Waals surface area contributed by atoms with E-state index in [2.05, 4.69) is 5.32 Å². The Bertz CT molecular complexity index is 450.